The minimum Gasteiger partial charge on any atom is -0.374 e. The molecular weight excluding hydrogens is 527 g/mol. The second-order valence-corrected chi connectivity index (χ2v) is 10.6. The molecule has 1 saturated heterocycles. The average Bonchev–Trinajstić information content (AvgIpc) is 3.45. The van der Waals surface area contributed by atoms with Crippen molar-refractivity contribution in [2.75, 3.05) is 19.1 Å². The fourth-order valence-corrected chi connectivity index (χ4v) is 5.46. The number of aromatic nitrogens is 4. The highest BCUT2D eigenvalue weighted by Crippen LogP contribution is 2.49. The van der Waals surface area contributed by atoms with Crippen molar-refractivity contribution in [3.8, 4) is 0 Å². The Hall–Kier alpha value is -2.54. The van der Waals surface area contributed by atoms with Crippen LogP contribution in [-0.4, -0.2) is 61.7 Å². The third-order valence-corrected chi connectivity index (χ3v) is 7.76. The van der Waals surface area contributed by atoms with E-state index in [9.17, 15) is 5.11 Å². The SMILES string of the molecule is CSc1nc(SC)c2ncc(C3(O)O[C@H](COCc4ccccc4)[C@@H](OCc4ccccc4)[C@@]3(C)F)n2n1. The number of hydrogen-bond acceptors (Lipinski definition) is 9. The van der Waals surface area contributed by atoms with E-state index < -0.39 is 23.7 Å². The Morgan fingerprint density at radius 2 is 1.68 bits per heavy atom. The Morgan fingerprint density at radius 3 is 2.32 bits per heavy atom. The molecule has 2 aromatic carbocycles. The zero-order valence-electron chi connectivity index (χ0n) is 21.3. The van der Waals surface area contributed by atoms with Crippen molar-refractivity contribution in [2.45, 2.75) is 54.0 Å². The molecule has 1 N–H and O–H groups in total. The number of aliphatic hydroxyl groups is 1. The highest BCUT2D eigenvalue weighted by Gasteiger charge is 2.67. The zero-order chi connectivity index (χ0) is 26.8. The minimum absolute atomic E-state index is 0.00795. The van der Waals surface area contributed by atoms with Crippen LogP contribution in [0.15, 0.2) is 77.0 Å². The number of fused-ring (bicyclic) bond motifs is 1. The van der Waals surface area contributed by atoms with Gasteiger partial charge in [0, 0.05) is 0 Å². The van der Waals surface area contributed by atoms with E-state index in [4.69, 9.17) is 14.2 Å². The van der Waals surface area contributed by atoms with Crippen molar-refractivity contribution >= 4 is 29.2 Å². The molecule has 0 amide bonds. The normalized spacial score (nSPS) is 25.3. The molecule has 1 aliphatic heterocycles. The Labute approximate surface area is 228 Å². The first kappa shape index (κ1) is 27.0. The smallest absolute Gasteiger partial charge is 0.249 e. The van der Waals surface area contributed by atoms with E-state index in [0.717, 1.165) is 11.1 Å². The third-order valence-electron chi connectivity index (χ3n) is 6.56. The Morgan fingerprint density at radius 1 is 1.03 bits per heavy atom. The van der Waals surface area contributed by atoms with Gasteiger partial charge in [-0.2, -0.15) is 0 Å². The van der Waals surface area contributed by atoms with Crippen molar-refractivity contribution in [3.63, 3.8) is 0 Å². The number of ether oxygens (including phenoxy) is 3. The van der Waals surface area contributed by atoms with E-state index in [1.165, 1.54) is 41.2 Å². The highest BCUT2D eigenvalue weighted by molar-refractivity contribution is 7.99. The molecule has 2 aromatic heterocycles. The molecule has 4 atom stereocenters. The maximum Gasteiger partial charge on any atom is 0.249 e. The maximum absolute atomic E-state index is 16.8. The second kappa shape index (κ2) is 11.3. The molecule has 38 heavy (non-hydrogen) atoms. The number of benzene rings is 2. The molecular formula is C27H29FN4O4S2. The largest absolute Gasteiger partial charge is 0.374 e. The van der Waals surface area contributed by atoms with Gasteiger partial charge in [-0.05, 0) is 30.6 Å². The molecule has 0 aliphatic carbocycles. The highest BCUT2D eigenvalue weighted by atomic mass is 32.2. The van der Waals surface area contributed by atoms with E-state index >= 15 is 4.39 Å². The summed E-state index contributed by atoms with van der Waals surface area (Å²) in [5.41, 5.74) is -0.0617. The number of hydrogen-bond donors (Lipinski definition) is 1. The average molecular weight is 557 g/mol. The van der Waals surface area contributed by atoms with Crippen molar-refractivity contribution in [1.82, 2.24) is 19.6 Å². The Balaban J connectivity index is 1.48. The molecule has 3 heterocycles. The first-order valence-corrected chi connectivity index (χ1v) is 14.5. The molecule has 1 fully saturated rings. The standard InChI is InChI=1S/C27H29FN4O4S2/c1-26(28)22(35-16-19-12-8-5-9-13-19)20(17-34-15-18-10-6-4-7-11-18)36-27(26,33)21-14-29-23-24(37-2)30-25(38-3)31-32(21)23/h4-14,20,22,33H,15-17H2,1-3H3/t20-,22-,26-,27?/m1/s1. The van der Waals surface area contributed by atoms with E-state index in [1.54, 1.807) is 0 Å². The molecule has 8 nitrogen and oxygen atoms in total. The number of alkyl halides is 1. The van der Waals surface area contributed by atoms with Gasteiger partial charge in [-0.25, -0.2) is 18.9 Å². The lowest BCUT2D eigenvalue weighted by Crippen LogP contribution is -2.50. The molecule has 11 heteroatoms. The van der Waals surface area contributed by atoms with Gasteiger partial charge in [0.2, 0.25) is 10.9 Å². The van der Waals surface area contributed by atoms with Crippen LogP contribution in [0.2, 0.25) is 0 Å². The van der Waals surface area contributed by atoms with Gasteiger partial charge in [-0.1, -0.05) is 72.4 Å². The molecule has 1 unspecified atom stereocenters. The van der Waals surface area contributed by atoms with Crippen molar-refractivity contribution in [2.24, 2.45) is 0 Å². The van der Waals surface area contributed by atoms with Crippen molar-refractivity contribution in [3.05, 3.63) is 83.7 Å². The number of nitrogens with zero attached hydrogens (tertiary/aromatic N) is 4. The maximum atomic E-state index is 16.8. The van der Waals surface area contributed by atoms with Crippen LogP contribution in [0.1, 0.15) is 23.7 Å². The van der Waals surface area contributed by atoms with Crippen LogP contribution in [0.25, 0.3) is 5.65 Å². The van der Waals surface area contributed by atoms with Crippen LogP contribution in [0.4, 0.5) is 4.39 Å². The number of thioether (sulfide) groups is 2. The summed E-state index contributed by atoms with van der Waals surface area (Å²) >= 11 is 2.73. The van der Waals surface area contributed by atoms with Crippen LogP contribution in [-0.2, 0) is 33.2 Å². The summed E-state index contributed by atoms with van der Waals surface area (Å²) in [5, 5.41) is 17.4. The number of halogens is 1. The Kier molecular flexibility index (Phi) is 8.03. The van der Waals surface area contributed by atoms with Crippen LogP contribution in [0.3, 0.4) is 0 Å². The third kappa shape index (κ3) is 5.06. The van der Waals surface area contributed by atoms with E-state index in [-0.39, 0.29) is 18.9 Å². The van der Waals surface area contributed by atoms with Crippen LogP contribution >= 0.6 is 23.5 Å². The summed E-state index contributed by atoms with van der Waals surface area (Å²) in [5.74, 6) is -2.41. The van der Waals surface area contributed by atoms with Gasteiger partial charge in [0.05, 0.1) is 26.0 Å². The van der Waals surface area contributed by atoms with Gasteiger partial charge in [0.25, 0.3) is 0 Å². The van der Waals surface area contributed by atoms with Gasteiger partial charge in [0.1, 0.15) is 22.9 Å². The molecule has 0 bridgehead atoms. The predicted octanol–water partition coefficient (Wildman–Crippen LogP) is 4.64. The van der Waals surface area contributed by atoms with Gasteiger partial charge in [0.15, 0.2) is 11.3 Å². The van der Waals surface area contributed by atoms with E-state index in [1.807, 2.05) is 73.2 Å². The molecule has 4 aromatic rings. The molecule has 0 spiro atoms. The summed E-state index contributed by atoms with van der Waals surface area (Å²) in [6.07, 6.45) is 3.04. The fraction of sp³-hybridized carbons (Fsp3) is 0.370. The van der Waals surface area contributed by atoms with Crippen LogP contribution in [0.5, 0.6) is 0 Å². The summed E-state index contributed by atoms with van der Waals surface area (Å²) in [6.45, 7) is 1.74. The molecule has 0 radical (unpaired) electrons. The van der Waals surface area contributed by atoms with Gasteiger partial charge in [-0.15, -0.1) is 16.9 Å². The lowest BCUT2D eigenvalue weighted by molar-refractivity contribution is -0.258. The summed E-state index contributed by atoms with van der Waals surface area (Å²) in [6, 6.07) is 19.1. The quantitative estimate of drug-likeness (QED) is 0.281. The number of imidazole rings is 1. The summed E-state index contributed by atoms with van der Waals surface area (Å²) in [4.78, 5) is 8.86. The lowest BCUT2D eigenvalue weighted by Gasteiger charge is -2.33. The van der Waals surface area contributed by atoms with E-state index in [0.29, 0.717) is 22.4 Å². The van der Waals surface area contributed by atoms with Crippen molar-refractivity contribution < 1.29 is 23.7 Å². The molecule has 0 saturated carbocycles. The predicted molar refractivity (Wildman–Crippen MR) is 144 cm³/mol. The Bertz CT molecular complexity index is 1380. The topological polar surface area (TPSA) is 91.0 Å². The zero-order valence-corrected chi connectivity index (χ0v) is 22.9. The first-order valence-electron chi connectivity index (χ1n) is 12.1. The van der Waals surface area contributed by atoms with E-state index in [2.05, 4.69) is 15.1 Å². The van der Waals surface area contributed by atoms with Gasteiger partial charge < -0.3 is 19.3 Å². The van der Waals surface area contributed by atoms with Crippen molar-refractivity contribution in [1.29, 1.82) is 0 Å². The minimum atomic E-state index is -2.41. The first-order chi connectivity index (χ1) is 18.4. The second-order valence-electron chi connectivity index (χ2n) is 9.08. The number of rotatable bonds is 10. The monoisotopic (exact) mass is 556 g/mol. The van der Waals surface area contributed by atoms with Crippen LogP contribution in [0, 0.1) is 0 Å². The lowest BCUT2D eigenvalue weighted by atomic mass is 9.89. The molecule has 200 valence electrons. The van der Waals surface area contributed by atoms with Crippen LogP contribution < -0.4 is 0 Å². The molecule has 1 aliphatic rings. The fourth-order valence-electron chi connectivity index (χ4n) is 4.55. The summed E-state index contributed by atoms with van der Waals surface area (Å²) in [7, 11) is 0. The summed E-state index contributed by atoms with van der Waals surface area (Å²) < 4.78 is 36.4. The van der Waals surface area contributed by atoms with Gasteiger partial charge >= 0.3 is 0 Å². The molecule has 5 rings (SSSR count). The van der Waals surface area contributed by atoms with Gasteiger partial charge in [-0.3, -0.25) is 0 Å².